The van der Waals surface area contributed by atoms with Crippen molar-refractivity contribution in [2.45, 2.75) is 40.7 Å². The second kappa shape index (κ2) is 7.73. The molecule has 3 aromatic carbocycles. The molecule has 3 heteroatoms. The van der Waals surface area contributed by atoms with Crippen LogP contribution in [0.2, 0.25) is 0 Å². The number of aryl methyl sites for hydroxylation is 1. The summed E-state index contributed by atoms with van der Waals surface area (Å²) in [6, 6.07) is 28.7. The molecule has 1 nitrogen and oxygen atoms in total. The number of aromatic nitrogens is 1. The topological polar surface area (TPSA) is 4.93 Å². The summed E-state index contributed by atoms with van der Waals surface area (Å²) in [7, 11) is 0. The Morgan fingerprint density at radius 2 is 1.43 bits per heavy atom. The molecule has 0 atom stereocenters. The lowest BCUT2D eigenvalue weighted by Crippen LogP contribution is -2.01. The van der Waals surface area contributed by atoms with Gasteiger partial charge >= 0.3 is 0 Å². The molecule has 0 saturated carbocycles. The van der Waals surface area contributed by atoms with Gasteiger partial charge in [0.1, 0.15) is 0 Å². The lowest BCUT2D eigenvalue weighted by Gasteiger charge is -2.15. The van der Waals surface area contributed by atoms with Crippen molar-refractivity contribution in [2.24, 2.45) is 0 Å². The van der Waals surface area contributed by atoms with Crippen LogP contribution in [0.1, 0.15) is 29.9 Å². The molecule has 0 amide bonds. The lowest BCUT2D eigenvalue weighted by atomic mass is 10.1. The Hall–Kier alpha value is -2.10. The van der Waals surface area contributed by atoms with Gasteiger partial charge in [0.05, 0.1) is 10.3 Å². The van der Waals surface area contributed by atoms with E-state index >= 15 is 0 Å². The molecule has 0 fully saturated rings. The highest BCUT2D eigenvalue weighted by molar-refractivity contribution is 8.19. The van der Waals surface area contributed by atoms with Gasteiger partial charge in [0.15, 0.2) is 0 Å². The van der Waals surface area contributed by atoms with Crippen LogP contribution in [-0.4, -0.2) is 4.57 Å². The van der Waals surface area contributed by atoms with Gasteiger partial charge in [-0.25, -0.2) is 0 Å². The summed E-state index contributed by atoms with van der Waals surface area (Å²) in [6.07, 6.45) is 2.40. The second-order valence-corrected chi connectivity index (χ2v) is 9.76. The lowest BCUT2D eigenvalue weighted by molar-refractivity contribution is 0.654. The number of hydrogen-bond acceptors (Lipinski definition) is 2. The van der Waals surface area contributed by atoms with E-state index in [9.17, 15) is 0 Å². The monoisotopic (exact) mass is 401 g/mol. The standard InChI is InChI=1S/C25H23NS2/c1-2-3-17-26-20-14-8-7-13-19(20)23(24(26)18-11-5-4-6-12-18)25-27-21-15-9-10-16-22(21)28-25/h4-16,25H,2-3,17H2,1H3. The van der Waals surface area contributed by atoms with Gasteiger partial charge in [-0.15, -0.1) is 23.5 Å². The van der Waals surface area contributed by atoms with Gasteiger partial charge in [0.2, 0.25) is 0 Å². The van der Waals surface area contributed by atoms with E-state index < -0.39 is 0 Å². The molecule has 0 radical (unpaired) electrons. The molecule has 0 N–H and O–H groups in total. The minimum atomic E-state index is 0.389. The van der Waals surface area contributed by atoms with Crippen LogP contribution in [-0.2, 0) is 6.54 Å². The summed E-state index contributed by atoms with van der Waals surface area (Å²) >= 11 is 4.00. The number of rotatable bonds is 5. The van der Waals surface area contributed by atoms with E-state index in [4.69, 9.17) is 0 Å². The SMILES string of the molecule is CCCCn1c(-c2ccccc2)c(C2Sc3ccccc3S2)c2ccccc21. The van der Waals surface area contributed by atoms with Gasteiger partial charge < -0.3 is 4.57 Å². The van der Waals surface area contributed by atoms with Gasteiger partial charge in [-0.1, -0.05) is 74.0 Å². The molecule has 0 saturated heterocycles. The van der Waals surface area contributed by atoms with Gasteiger partial charge in [0.25, 0.3) is 0 Å². The summed E-state index contributed by atoms with van der Waals surface area (Å²) in [6.45, 7) is 3.34. The van der Waals surface area contributed by atoms with Crippen LogP contribution in [0, 0.1) is 0 Å². The fraction of sp³-hybridized carbons (Fsp3) is 0.200. The molecule has 2 heterocycles. The highest BCUT2D eigenvalue weighted by Crippen LogP contribution is 2.59. The number of thioether (sulfide) groups is 2. The van der Waals surface area contributed by atoms with E-state index in [0.717, 1.165) is 6.54 Å². The zero-order valence-electron chi connectivity index (χ0n) is 16.0. The van der Waals surface area contributed by atoms with E-state index in [1.54, 1.807) is 0 Å². The predicted octanol–water partition coefficient (Wildman–Crippen LogP) is 8.01. The molecule has 0 bridgehead atoms. The molecule has 0 aliphatic carbocycles. The molecule has 28 heavy (non-hydrogen) atoms. The van der Waals surface area contributed by atoms with Crippen molar-refractivity contribution >= 4 is 34.4 Å². The maximum atomic E-state index is 2.56. The van der Waals surface area contributed by atoms with E-state index in [-0.39, 0.29) is 0 Å². The average Bonchev–Trinajstić information content (AvgIpc) is 3.31. The van der Waals surface area contributed by atoms with Crippen molar-refractivity contribution < 1.29 is 0 Å². The van der Waals surface area contributed by atoms with Crippen LogP contribution in [0.5, 0.6) is 0 Å². The number of nitrogens with zero attached hydrogens (tertiary/aromatic N) is 1. The molecule has 140 valence electrons. The third-order valence-corrected chi connectivity index (χ3v) is 8.17. The number of hydrogen-bond donors (Lipinski definition) is 0. The van der Waals surface area contributed by atoms with Crippen molar-refractivity contribution in [1.82, 2.24) is 4.57 Å². The van der Waals surface area contributed by atoms with Crippen molar-refractivity contribution in [1.29, 1.82) is 0 Å². The van der Waals surface area contributed by atoms with E-state index in [1.165, 1.54) is 50.4 Å². The summed E-state index contributed by atoms with van der Waals surface area (Å²) < 4.78 is 2.95. The fourth-order valence-corrected chi connectivity index (χ4v) is 7.00. The highest BCUT2D eigenvalue weighted by atomic mass is 32.2. The van der Waals surface area contributed by atoms with Gasteiger partial charge in [0, 0.05) is 32.8 Å². The Labute approximate surface area is 175 Å². The number of para-hydroxylation sites is 1. The summed E-state index contributed by atoms with van der Waals surface area (Å²) in [4.78, 5) is 2.81. The third-order valence-electron chi connectivity index (χ3n) is 5.35. The summed E-state index contributed by atoms with van der Waals surface area (Å²) in [5.74, 6) is 0. The van der Waals surface area contributed by atoms with Gasteiger partial charge in [-0.05, 0) is 30.2 Å². The molecule has 1 aromatic heterocycles. The molecular weight excluding hydrogens is 378 g/mol. The maximum absolute atomic E-state index is 2.56. The van der Waals surface area contributed by atoms with Crippen molar-refractivity contribution in [2.75, 3.05) is 0 Å². The average molecular weight is 402 g/mol. The number of fused-ring (bicyclic) bond motifs is 2. The predicted molar refractivity (Wildman–Crippen MR) is 123 cm³/mol. The quantitative estimate of drug-likeness (QED) is 0.334. The minimum Gasteiger partial charge on any atom is -0.340 e. The summed E-state index contributed by atoms with van der Waals surface area (Å²) in [5.41, 5.74) is 5.56. The zero-order valence-corrected chi connectivity index (χ0v) is 17.6. The zero-order chi connectivity index (χ0) is 18.9. The van der Waals surface area contributed by atoms with Crippen LogP contribution in [0.25, 0.3) is 22.2 Å². The van der Waals surface area contributed by atoms with Crippen molar-refractivity contribution in [3.05, 3.63) is 84.4 Å². The molecule has 1 aliphatic rings. The molecular formula is C25H23NS2. The molecule has 0 unspecified atom stereocenters. The maximum Gasteiger partial charge on any atom is 0.0873 e. The fourth-order valence-electron chi connectivity index (χ4n) is 4.04. The number of unbranched alkanes of at least 4 members (excludes halogenated alkanes) is 1. The van der Waals surface area contributed by atoms with E-state index in [0.29, 0.717) is 4.58 Å². The van der Waals surface area contributed by atoms with Gasteiger partial charge in [-0.2, -0.15) is 0 Å². The van der Waals surface area contributed by atoms with Gasteiger partial charge in [-0.3, -0.25) is 0 Å². The van der Waals surface area contributed by atoms with Crippen molar-refractivity contribution in [3.63, 3.8) is 0 Å². The van der Waals surface area contributed by atoms with Crippen LogP contribution in [0.3, 0.4) is 0 Å². The van der Waals surface area contributed by atoms with Crippen LogP contribution >= 0.6 is 23.5 Å². The smallest absolute Gasteiger partial charge is 0.0873 e. The van der Waals surface area contributed by atoms with Crippen LogP contribution in [0.15, 0.2) is 88.7 Å². The Bertz CT molecular complexity index is 1090. The second-order valence-electron chi connectivity index (χ2n) is 7.17. The largest absolute Gasteiger partial charge is 0.340 e. The Balaban J connectivity index is 1.74. The molecule has 5 rings (SSSR count). The number of benzene rings is 3. The molecule has 4 aromatic rings. The minimum absolute atomic E-state index is 0.389. The molecule has 0 spiro atoms. The highest BCUT2D eigenvalue weighted by Gasteiger charge is 2.31. The van der Waals surface area contributed by atoms with Crippen LogP contribution in [0.4, 0.5) is 0 Å². The third kappa shape index (κ3) is 3.07. The Morgan fingerprint density at radius 1 is 0.786 bits per heavy atom. The summed E-state index contributed by atoms with van der Waals surface area (Å²) in [5, 5.41) is 1.40. The Morgan fingerprint density at radius 3 is 2.14 bits per heavy atom. The molecule has 1 aliphatic heterocycles. The van der Waals surface area contributed by atoms with E-state index in [2.05, 4.69) is 90.4 Å². The first-order valence-electron chi connectivity index (χ1n) is 9.95. The van der Waals surface area contributed by atoms with Crippen molar-refractivity contribution in [3.8, 4) is 11.3 Å². The Kier molecular flexibility index (Phi) is 4.96. The normalized spacial score (nSPS) is 13.9. The first-order chi connectivity index (χ1) is 13.9. The van der Waals surface area contributed by atoms with E-state index in [1.807, 2.05) is 23.5 Å². The van der Waals surface area contributed by atoms with Crippen LogP contribution < -0.4 is 0 Å². The first-order valence-corrected chi connectivity index (χ1v) is 11.7. The first kappa shape index (κ1) is 18.0.